The molecule has 0 spiro atoms. The highest BCUT2D eigenvalue weighted by Gasteiger charge is 2.34. The van der Waals surface area contributed by atoms with Gasteiger partial charge in [0.25, 0.3) is 5.91 Å². The van der Waals surface area contributed by atoms with Gasteiger partial charge in [-0.2, -0.15) is 13.2 Å². The standard InChI is InChI=1S/C27H30F3N5O4S/c1-18-17-39-13-12-35(18)26(36)19-6-4-8-21(14-19)33-22-9-10-23(27(28,29)30)24(15-22)32-16-20-7-5-11-31-25(20)34(2)40(3,37)38/h4-11,14-15,18,32-33H,12-13,16-17H2,1-3H3/t18-/m0/s1. The molecule has 1 amide bonds. The number of nitrogens with zero attached hydrogens (tertiary/aromatic N) is 3. The van der Waals surface area contributed by atoms with Gasteiger partial charge in [0, 0.05) is 54.5 Å². The van der Waals surface area contributed by atoms with Crippen LogP contribution in [-0.4, -0.2) is 63.3 Å². The van der Waals surface area contributed by atoms with Crippen LogP contribution in [-0.2, 0) is 27.5 Å². The molecule has 1 aromatic heterocycles. The highest BCUT2D eigenvalue weighted by molar-refractivity contribution is 7.92. The molecule has 3 aromatic rings. The van der Waals surface area contributed by atoms with Gasteiger partial charge in [0.05, 0.1) is 31.1 Å². The molecule has 0 saturated carbocycles. The molecule has 1 atom stereocenters. The molecule has 214 valence electrons. The number of halogens is 3. The largest absolute Gasteiger partial charge is 0.418 e. The van der Waals surface area contributed by atoms with E-state index in [4.69, 9.17) is 4.74 Å². The number of pyridine rings is 1. The summed E-state index contributed by atoms with van der Waals surface area (Å²) in [6, 6.07) is 13.4. The van der Waals surface area contributed by atoms with Gasteiger partial charge in [-0.15, -0.1) is 0 Å². The van der Waals surface area contributed by atoms with E-state index in [-0.39, 0.29) is 30.0 Å². The first-order valence-electron chi connectivity index (χ1n) is 12.4. The lowest BCUT2D eigenvalue weighted by Gasteiger charge is -2.33. The summed E-state index contributed by atoms with van der Waals surface area (Å²) in [5.41, 5.74) is 0.642. The lowest BCUT2D eigenvalue weighted by Crippen LogP contribution is -2.47. The zero-order valence-electron chi connectivity index (χ0n) is 22.2. The van der Waals surface area contributed by atoms with Crippen LogP contribution in [0, 0.1) is 0 Å². The number of hydrogen-bond donors (Lipinski definition) is 2. The number of benzene rings is 2. The van der Waals surface area contributed by atoms with Gasteiger partial charge in [-0.05, 0) is 49.4 Å². The van der Waals surface area contributed by atoms with Crippen LogP contribution in [0.3, 0.4) is 0 Å². The summed E-state index contributed by atoms with van der Waals surface area (Å²) in [5, 5.41) is 5.87. The van der Waals surface area contributed by atoms with Gasteiger partial charge in [-0.3, -0.25) is 9.10 Å². The summed E-state index contributed by atoms with van der Waals surface area (Å²) in [7, 11) is -2.31. The van der Waals surface area contributed by atoms with Crippen molar-refractivity contribution in [1.82, 2.24) is 9.88 Å². The molecule has 1 aliphatic heterocycles. The number of ether oxygens (including phenoxy) is 1. The van der Waals surface area contributed by atoms with E-state index in [0.29, 0.717) is 42.3 Å². The third-order valence-corrected chi connectivity index (χ3v) is 7.65. The van der Waals surface area contributed by atoms with Crippen molar-refractivity contribution in [3.8, 4) is 0 Å². The monoisotopic (exact) mass is 577 g/mol. The van der Waals surface area contributed by atoms with Crippen LogP contribution in [0.15, 0.2) is 60.8 Å². The van der Waals surface area contributed by atoms with Crippen molar-refractivity contribution >= 4 is 38.8 Å². The number of rotatable bonds is 8. The zero-order valence-corrected chi connectivity index (χ0v) is 23.0. The van der Waals surface area contributed by atoms with E-state index < -0.39 is 21.8 Å². The molecule has 0 bridgehead atoms. The van der Waals surface area contributed by atoms with Crippen LogP contribution in [0.1, 0.15) is 28.4 Å². The second-order valence-electron chi connectivity index (χ2n) is 9.46. The summed E-state index contributed by atoms with van der Waals surface area (Å²) in [5.74, 6) is -0.0445. The van der Waals surface area contributed by atoms with Gasteiger partial charge < -0.3 is 20.3 Å². The van der Waals surface area contributed by atoms with Crippen LogP contribution < -0.4 is 14.9 Å². The fourth-order valence-corrected chi connectivity index (χ4v) is 4.78. The van der Waals surface area contributed by atoms with E-state index in [0.717, 1.165) is 16.6 Å². The number of alkyl halides is 3. The number of hydrogen-bond acceptors (Lipinski definition) is 7. The Labute approximate surface area is 231 Å². The van der Waals surface area contributed by atoms with E-state index in [9.17, 15) is 26.4 Å². The molecule has 1 fully saturated rings. The molecule has 1 aliphatic rings. The molecule has 0 aliphatic carbocycles. The second-order valence-corrected chi connectivity index (χ2v) is 11.5. The molecule has 2 aromatic carbocycles. The lowest BCUT2D eigenvalue weighted by atomic mass is 10.1. The van der Waals surface area contributed by atoms with Gasteiger partial charge >= 0.3 is 6.18 Å². The number of carbonyl (C=O) groups is 1. The molecule has 2 heterocycles. The van der Waals surface area contributed by atoms with Gasteiger partial charge in [0.1, 0.15) is 5.82 Å². The quantitative estimate of drug-likeness (QED) is 0.400. The summed E-state index contributed by atoms with van der Waals surface area (Å²) in [6.45, 7) is 3.18. The van der Waals surface area contributed by atoms with E-state index in [1.54, 1.807) is 41.3 Å². The minimum atomic E-state index is -4.64. The van der Waals surface area contributed by atoms with Crippen molar-refractivity contribution in [1.29, 1.82) is 0 Å². The third-order valence-electron chi connectivity index (χ3n) is 6.48. The summed E-state index contributed by atoms with van der Waals surface area (Å²) in [6.07, 6.45) is -2.21. The number of anilines is 4. The zero-order chi connectivity index (χ0) is 29.1. The van der Waals surface area contributed by atoms with E-state index in [2.05, 4.69) is 15.6 Å². The summed E-state index contributed by atoms with van der Waals surface area (Å²) < 4.78 is 71.9. The Morgan fingerprint density at radius 3 is 2.60 bits per heavy atom. The fraction of sp³-hybridized carbons (Fsp3) is 0.333. The van der Waals surface area contributed by atoms with Gasteiger partial charge in [-0.1, -0.05) is 12.1 Å². The Morgan fingerprint density at radius 2 is 1.90 bits per heavy atom. The Bertz CT molecular complexity index is 1480. The molecular formula is C27H30F3N5O4S. The average Bonchev–Trinajstić information content (AvgIpc) is 2.90. The molecule has 2 N–H and O–H groups in total. The first-order valence-corrected chi connectivity index (χ1v) is 14.3. The Balaban J connectivity index is 1.58. The number of amides is 1. The van der Waals surface area contributed by atoms with Crippen LogP contribution in [0.5, 0.6) is 0 Å². The number of nitrogens with one attached hydrogen (secondary N) is 2. The Morgan fingerprint density at radius 1 is 1.15 bits per heavy atom. The molecular weight excluding hydrogens is 547 g/mol. The maximum Gasteiger partial charge on any atom is 0.418 e. The highest BCUT2D eigenvalue weighted by Crippen LogP contribution is 2.37. The van der Waals surface area contributed by atoms with Crippen molar-refractivity contribution in [2.75, 3.05) is 48.0 Å². The van der Waals surface area contributed by atoms with Crippen LogP contribution >= 0.6 is 0 Å². The van der Waals surface area contributed by atoms with Crippen LogP contribution in [0.4, 0.5) is 36.1 Å². The number of carbonyl (C=O) groups excluding carboxylic acids is 1. The Kier molecular flexibility index (Phi) is 8.54. The molecule has 0 radical (unpaired) electrons. The number of sulfonamides is 1. The van der Waals surface area contributed by atoms with Gasteiger partial charge in [0.15, 0.2) is 0 Å². The topological polar surface area (TPSA) is 104 Å². The molecule has 0 unspecified atom stereocenters. The Hall–Kier alpha value is -3.84. The highest BCUT2D eigenvalue weighted by atomic mass is 32.2. The molecule has 1 saturated heterocycles. The van der Waals surface area contributed by atoms with Crippen molar-refractivity contribution < 1.29 is 31.1 Å². The maximum atomic E-state index is 13.8. The van der Waals surface area contributed by atoms with Crippen molar-refractivity contribution in [3.05, 3.63) is 77.5 Å². The normalized spacial score (nSPS) is 15.9. The van der Waals surface area contributed by atoms with Crippen molar-refractivity contribution in [2.24, 2.45) is 0 Å². The average molecular weight is 578 g/mol. The molecule has 9 nitrogen and oxygen atoms in total. The predicted molar refractivity (Wildman–Crippen MR) is 147 cm³/mol. The first-order chi connectivity index (χ1) is 18.8. The summed E-state index contributed by atoms with van der Waals surface area (Å²) >= 11 is 0. The van der Waals surface area contributed by atoms with Crippen LogP contribution in [0.25, 0.3) is 0 Å². The van der Waals surface area contributed by atoms with Crippen LogP contribution in [0.2, 0.25) is 0 Å². The van der Waals surface area contributed by atoms with Gasteiger partial charge in [0.2, 0.25) is 10.0 Å². The predicted octanol–water partition coefficient (Wildman–Crippen LogP) is 4.71. The van der Waals surface area contributed by atoms with E-state index >= 15 is 0 Å². The number of aromatic nitrogens is 1. The SMILES string of the molecule is C[C@H]1COCCN1C(=O)c1cccc(Nc2ccc(C(F)(F)F)c(NCc3cccnc3N(C)S(C)(=O)=O)c2)c1. The molecule has 13 heteroatoms. The van der Waals surface area contributed by atoms with E-state index in [1.165, 1.54) is 25.4 Å². The molecule has 40 heavy (non-hydrogen) atoms. The summed E-state index contributed by atoms with van der Waals surface area (Å²) in [4.78, 5) is 18.9. The minimum absolute atomic E-state index is 0.0704. The minimum Gasteiger partial charge on any atom is -0.380 e. The van der Waals surface area contributed by atoms with Gasteiger partial charge in [-0.25, -0.2) is 13.4 Å². The maximum absolute atomic E-state index is 13.8. The van der Waals surface area contributed by atoms with E-state index in [1.807, 2.05) is 6.92 Å². The first kappa shape index (κ1) is 29.2. The number of morpholine rings is 1. The molecule has 4 rings (SSSR count). The third kappa shape index (κ3) is 6.83. The van der Waals surface area contributed by atoms with Crippen molar-refractivity contribution in [2.45, 2.75) is 25.7 Å². The second kappa shape index (κ2) is 11.7. The fourth-order valence-electron chi connectivity index (χ4n) is 4.31. The lowest BCUT2D eigenvalue weighted by molar-refractivity contribution is -0.136. The van der Waals surface area contributed by atoms with Crippen molar-refractivity contribution in [3.63, 3.8) is 0 Å². The smallest absolute Gasteiger partial charge is 0.380 e.